The molecule has 0 aliphatic heterocycles. The van der Waals surface area contributed by atoms with Gasteiger partial charge in [0.25, 0.3) is 0 Å². The Morgan fingerprint density at radius 3 is 2.25 bits per heavy atom. The minimum atomic E-state index is -3.49. The maximum absolute atomic E-state index is 11.4. The van der Waals surface area contributed by atoms with Crippen molar-refractivity contribution < 1.29 is 13.2 Å². The molecule has 1 aliphatic carbocycles. The molecular weight excluding hydrogens is 296 g/mol. The molecule has 20 heavy (non-hydrogen) atoms. The maximum atomic E-state index is 11.4. The quantitative estimate of drug-likeness (QED) is 0.623. The van der Waals surface area contributed by atoms with Crippen LogP contribution in [0.4, 0.5) is 0 Å². The summed E-state index contributed by atoms with van der Waals surface area (Å²) in [6.45, 7) is 6.76. The first-order valence-electron chi connectivity index (χ1n) is 7.89. The zero-order valence-corrected chi connectivity index (χ0v) is 14.6. The van der Waals surface area contributed by atoms with Gasteiger partial charge in [0.1, 0.15) is 0 Å². The van der Waals surface area contributed by atoms with Crippen molar-refractivity contribution in [2.45, 2.75) is 71.8 Å². The molecule has 120 valence electrons. The number of hydrogen-bond donors (Lipinski definition) is 0. The highest BCUT2D eigenvalue weighted by atomic mass is 35.7. The lowest BCUT2D eigenvalue weighted by Gasteiger charge is -2.36. The maximum Gasteiger partial charge on any atom is 0.233 e. The Labute approximate surface area is 128 Å². The number of rotatable bonds is 8. The predicted octanol–water partition coefficient (Wildman–Crippen LogP) is 4.35. The summed E-state index contributed by atoms with van der Waals surface area (Å²) >= 11 is 0. The van der Waals surface area contributed by atoms with Crippen molar-refractivity contribution in [3.63, 3.8) is 0 Å². The number of ether oxygens (including phenoxy) is 1. The van der Waals surface area contributed by atoms with Crippen molar-refractivity contribution in [1.29, 1.82) is 0 Å². The first-order chi connectivity index (χ1) is 9.36. The van der Waals surface area contributed by atoms with Gasteiger partial charge in [0.2, 0.25) is 9.05 Å². The van der Waals surface area contributed by atoms with Crippen LogP contribution < -0.4 is 0 Å². The third kappa shape index (κ3) is 5.53. The van der Waals surface area contributed by atoms with Gasteiger partial charge in [-0.25, -0.2) is 8.42 Å². The third-order valence-corrected chi connectivity index (χ3v) is 6.23. The average molecular weight is 325 g/mol. The Kier molecular flexibility index (Phi) is 7.30. The molecule has 0 bridgehead atoms. The Hall–Kier alpha value is 0.200. The van der Waals surface area contributed by atoms with Gasteiger partial charge in [-0.2, -0.15) is 0 Å². The van der Waals surface area contributed by atoms with Gasteiger partial charge < -0.3 is 4.74 Å². The Morgan fingerprint density at radius 2 is 1.75 bits per heavy atom. The minimum Gasteiger partial charge on any atom is -0.377 e. The van der Waals surface area contributed by atoms with E-state index in [1.165, 1.54) is 19.3 Å². The van der Waals surface area contributed by atoms with Gasteiger partial charge in [-0.15, -0.1) is 0 Å². The number of hydrogen-bond acceptors (Lipinski definition) is 3. The summed E-state index contributed by atoms with van der Waals surface area (Å²) < 4.78 is 29.0. The van der Waals surface area contributed by atoms with Crippen molar-refractivity contribution in [2.24, 2.45) is 11.3 Å². The van der Waals surface area contributed by atoms with Gasteiger partial charge in [0.05, 0.1) is 18.5 Å². The fourth-order valence-electron chi connectivity index (χ4n) is 3.21. The monoisotopic (exact) mass is 324 g/mol. The van der Waals surface area contributed by atoms with E-state index < -0.39 is 9.05 Å². The first kappa shape index (κ1) is 18.2. The molecule has 0 aromatic carbocycles. The van der Waals surface area contributed by atoms with E-state index in [-0.39, 0.29) is 11.2 Å². The molecule has 0 N–H and O–H groups in total. The van der Waals surface area contributed by atoms with Crippen molar-refractivity contribution >= 4 is 19.7 Å². The van der Waals surface area contributed by atoms with Crippen LogP contribution in [0, 0.1) is 11.3 Å². The highest BCUT2D eigenvalue weighted by Gasteiger charge is 2.34. The SMILES string of the molecule is CCC1CCCCC1OCC(CC)(CC)CS(=O)(=O)Cl. The molecule has 0 amide bonds. The highest BCUT2D eigenvalue weighted by molar-refractivity contribution is 8.13. The fraction of sp³-hybridized carbons (Fsp3) is 1.00. The van der Waals surface area contributed by atoms with Gasteiger partial charge in [0, 0.05) is 16.1 Å². The van der Waals surface area contributed by atoms with Crippen LogP contribution in [0.5, 0.6) is 0 Å². The molecule has 0 aromatic heterocycles. The second kappa shape index (κ2) is 8.00. The Morgan fingerprint density at radius 1 is 1.15 bits per heavy atom. The number of halogens is 1. The molecule has 5 heteroatoms. The van der Waals surface area contributed by atoms with Gasteiger partial charge in [-0.3, -0.25) is 0 Å². The van der Waals surface area contributed by atoms with Gasteiger partial charge in [-0.1, -0.05) is 40.0 Å². The molecule has 0 saturated heterocycles. The molecule has 0 aromatic rings. The second-order valence-corrected chi connectivity index (χ2v) is 8.97. The fourth-order valence-corrected chi connectivity index (χ4v) is 5.13. The highest BCUT2D eigenvalue weighted by Crippen LogP contribution is 2.34. The molecule has 1 fully saturated rings. The van der Waals surface area contributed by atoms with E-state index in [0.29, 0.717) is 18.6 Å². The largest absolute Gasteiger partial charge is 0.377 e. The lowest BCUT2D eigenvalue weighted by Crippen LogP contribution is -2.37. The summed E-state index contributed by atoms with van der Waals surface area (Å²) in [6, 6.07) is 0. The van der Waals surface area contributed by atoms with Crippen LogP contribution in [0.15, 0.2) is 0 Å². The van der Waals surface area contributed by atoms with Crippen molar-refractivity contribution in [3.8, 4) is 0 Å². The molecule has 2 atom stereocenters. The van der Waals surface area contributed by atoms with Crippen LogP contribution in [0.2, 0.25) is 0 Å². The van der Waals surface area contributed by atoms with Crippen LogP contribution in [-0.4, -0.2) is 26.9 Å². The van der Waals surface area contributed by atoms with Gasteiger partial charge in [-0.05, 0) is 31.6 Å². The molecular formula is C15H29ClO3S. The standard InChI is InChI=1S/C15H29ClO3S/c1-4-13-9-7-8-10-14(13)19-11-15(5-2,6-3)12-20(16,17)18/h13-14H,4-12H2,1-3H3. The Bertz CT molecular complexity index is 377. The van der Waals surface area contributed by atoms with Crippen LogP contribution in [0.25, 0.3) is 0 Å². The van der Waals surface area contributed by atoms with Gasteiger partial charge >= 0.3 is 0 Å². The van der Waals surface area contributed by atoms with Gasteiger partial charge in [0.15, 0.2) is 0 Å². The summed E-state index contributed by atoms with van der Waals surface area (Å²) in [5.41, 5.74) is -0.337. The van der Waals surface area contributed by atoms with Crippen LogP contribution >= 0.6 is 10.7 Å². The lowest BCUT2D eigenvalue weighted by molar-refractivity contribution is -0.0507. The topological polar surface area (TPSA) is 43.4 Å². The van der Waals surface area contributed by atoms with E-state index in [4.69, 9.17) is 15.4 Å². The normalized spacial score (nSPS) is 24.8. The molecule has 1 rings (SSSR count). The summed E-state index contributed by atoms with van der Waals surface area (Å²) in [4.78, 5) is 0. The van der Waals surface area contributed by atoms with E-state index in [1.54, 1.807) is 0 Å². The van der Waals surface area contributed by atoms with E-state index in [2.05, 4.69) is 6.92 Å². The summed E-state index contributed by atoms with van der Waals surface area (Å²) in [6.07, 6.45) is 7.85. The summed E-state index contributed by atoms with van der Waals surface area (Å²) in [5, 5.41) is 0. The zero-order valence-electron chi connectivity index (χ0n) is 13.0. The van der Waals surface area contributed by atoms with Crippen LogP contribution in [0.1, 0.15) is 65.7 Å². The van der Waals surface area contributed by atoms with Crippen LogP contribution in [0.3, 0.4) is 0 Å². The second-order valence-electron chi connectivity index (χ2n) is 6.19. The van der Waals surface area contributed by atoms with Crippen molar-refractivity contribution in [3.05, 3.63) is 0 Å². The molecule has 1 aliphatic rings. The zero-order chi connectivity index (χ0) is 15.2. The van der Waals surface area contributed by atoms with Crippen LogP contribution in [-0.2, 0) is 13.8 Å². The predicted molar refractivity (Wildman–Crippen MR) is 84.6 cm³/mol. The first-order valence-corrected chi connectivity index (χ1v) is 10.4. The molecule has 0 spiro atoms. The van der Waals surface area contributed by atoms with E-state index in [0.717, 1.165) is 25.7 Å². The van der Waals surface area contributed by atoms with E-state index in [1.807, 2.05) is 13.8 Å². The molecule has 0 heterocycles. The Balaban J connectivity index is 2.66. The third-order valence-electron chi connectivity index (χ3n) is 4.95. The average Bonchev–Trinajstić information content (AvgIpc) is 2.42. The summed E-state index contributed by atoms with van der Waals surface area (Å²) in [7, 11) is 1.98. The van der Waals surface area contributed by atoms with Crippen molar-refractivity contribution in [1.82, 2.24) is 0 Å². The minimum absolute atomic E-state index is 0.0120. The smallest absolute Gasteiger partial charge is 0.233 e. The summed E-state index contributed by atoms with van der Waals surface area (Å²) in [5.74, 6) is 0.640. The molecule has 3 nitrogen and oxygen atoms in total. The molecule has 1 saturated carbocycles. The van der Waals surface area contributed by atoms with E-state index >= 15 is 0 Å². The van der Waals surface area contributed by atoms with Crippen molar-refractivity contribution in [2.75, 3.05) is 12.4 Å². The van der Waals surface area contributed by atoms with E-state index in [9.17, 15) is 8.42 Å². The molecule has 2 unspecified atom stereocenters. The molecule has 0 radical (unpaired) electrons. The lowest BCUT2D eigenvalue weighted by atomic mass is 9.83.